The van der Waals surface area contributed by atoms with Crippen LogP contribution in [-0.4, -0.2) is 10.1 Å². The van der Waals surface area contributed by atoms with Gasteiger partial charge in [-0.25, -0.2) is 0 Å². The van der Waals surface area contributed by atoms with Gasteiger partial charge in [0.15, 0.2) is 0 Å². The monoisotopic (exact) mass is 267 g/mol. The lowest BCUT2D eigenvalue weighted by atomic mass is 10.1. The van der Waals surface area contributed by atoms with E-state index in [9.17, 15) is 5.11 Å². The highest BCUT2D eigenvalue weighted by Gasteiger charge is 2.10. The van der Waals surface area contributed by atoms with Crippen LogP contribution in [0.15, 0.2) is 30.5 Å². The van der Waals surface area contributed by atoms with Crippen molar-refractivity contribution >= 4 is 23.2 Å². The average Bonchev–Trinajstić information content (AvgIpc) is 2.31. The van der Waals surface area contributed by atoms with E-state index in [1.807, 2.05) is 13.0 Å². The molecule has 1 heterocycles. The van der Waals surface area contributed by atoms with Gasteiger partial charge in [-0.3, -0.25) is 4.98 Å². The number of aliphatic hydroxyl groups excluding tert-OH is 1. The molecule has 0 saturated carbocycles. The smallest absolute Gasteiger partial charge is 0.0735 e. The van der Waals surface area contributed by atoms with Crippen molar-refractivity contribution < 1.29 is 5.11 Å². The number of hydrogen-bond donors (Lipinski definition) is 1. The molecular weight excluding hydrogens is 257 g/mol. The summed E-state index contributed by atoms with van der Waals surface area (Å²) < 4.78 is 0. The van der Waals surface area contributed by atoms with E-state index in [0.29, 0.717) is 21.3 Å². The molecule has 1 aromatic carbocycles. The summed E-state index contributed by atoms with van der Waals surface area (Å²) in [7, 11) is 0. The number of pyridine rings is 1. The molecule has 17 heavy (non-hydrogen) atoms. The van der Waals surface area contributed by atoms with Gasteiger partial charge in [0, 0.05) is 11.8 Å². The zero-order valence-corrected chi connectivity index (χ0v) is 10.8. The van der Waals surface area contributed by atoms with E-state index in [-0.39, 0.29) is 6.61 Å². The molecule has 2 nitrogen and oxygen atoms in total. The molecule has 1 aromatic heterocycles. The number of hydrogen-bond acceptors (Lipinski definition) is 2. The van der Waals surface area contributed by atoms with E-state index in [1.54, 1.807) is 24.4 Å². The minimum atomic E-state index is -0.0244. The lowest BCUT2D eigenvalue weighted by Gasteiger charge is -2.09. The van der Waals surface area contributed by atoms with Gasteiger partial charge in [0.2, 0.25) is 0 Å². The number of aliphatic hydroxyl groups is 1. The Bertz CT molecular complexity index is 535. The summed E-state index contributed by atoms with van der Waals surface area (Å²) in [5, 5.41) is 10.3. The second-order valence-corrected chi connectivity index (χ2v) is 4.57. The summed E-state index contributed by atoms with van der Waals surface area (Å²) in [6.07, 6.45) is 1.71. The summed E-state index contributed by atoms with van der Waals surface area (Å²) in [5.74, 6) is 0. The van der Waals surface area contributed by atoms with Gasteiger partial charge in [-0.1, -0.05) is 29.3 Å². The predicted octanol–water partition coefficient (Wildman–Crippen LogP) is 3.86. The van der Waals surface area contributed by atoms with Gasteiger partial charge in [0.05, 0.1) is 22.3 Å². The lowest BCUT2D eigenvalue weighted by Crippen LogP contribution is -1.93. The van der Waals surface area contributed by atoms with Crippen LogP contribution in [0.2, 0.25) is 10.0 Å². The molecule has 0 aliphatic rings. The van der Waals surface area contributed by atoms with Crippen LogP contribution in [-0.2, 0) is 6.61 Å². The first-order chi connectivity index (χ1) is 8.13. The van der Waals surface area contributed by atoms with Crippen molar-refractivity contribution in [3.05, 3.63) is 51.6 Å². The molecule has 0 unspecified atom stereocenters. The van der Waals surface area contributed by atoms with Gasteiger partial charge < -0.3 is 5.11 Å². The van der Waals surface area contributed by atoms with Crippen molar-refractivity contribution in [3.8, 4) is 11.3 Å². The van der Waals surface area contributed by atoms with Crippen molar-refractivity contribution in [2.45, 2.75) is 13.5 Å². The Labute approximate surface area is 110 Å². The molecule has 88 valence electrons. The first-order valence-corrected chi connectivity index (χ1v) is 5.90. The fraction of sp³-hybridized carbons (Fsp3) is 0.154. The van der Waals surface area contributed by atoms with E-state index >= 15 is 0 Å². The molecule has 1 N–H and O–H groups in total. The number of halogens is 2. The second-order valence-electron chi connectivity index (χ2n) is 3.75. The molecule has 0 bridgehead atoms. The Morgan fingerprint density at radius 1 is 1.24 bits per heavy atom. The van der Waals surface area contributed by atoms with Crippen LogP contribution in [0.5, 0.6) is 0 Å². The molecule has 2 aromatic rings. The Morgan fingerprint density at radius 2 is 1.88 bits per heavy atom. The second kappa shape index (κ2) is 5.05. The third kappa shape index (κ3) is 2.44. The third-order valence-electron chi connectivity index (χ3n) is 2.60. The molecule has 0 atom stereocenters. The Morgan fingerprint density at radius 3 is 2.47 bits per heavy atom. The number of aryl methyl sites for hydroxylation is 1. The molecule has 4 heteroatoms. The van der Waals surface area contributed by atoms with Crippen LogP contribution >= 0.6 is 23.2 Å². The minimum Gasteiger partial charge on any atom is -0.392 e. The average molecular weight is 268 g/mol. The van der Waals surface area contributed by atoms with E-state index < -0.39 is 0 Å². The number of aromatic nitrogens is 1. The van der Waals surface area contributed by atoms with Gasteiger partial charge in [0.25, 0.3) is 0 Å². The zero-order chi connectivity index (χ0) is 12.4. The molecule has 2 rings (SSSR count). The summed E-state index contributed by atoms with van der Waals surface area (Å²) in [6.45, 7) is 1.87. The number of rotatable bonds is 2. The number of benzene rings is 1. The Kier molecular flexibility index (Phi) is 3.67. The normalized spacial score (nSPS) is 10.6. The maximum Gasteiger partial charge on any atom is 0.0735 e. The summed E-state index contributed by atoms with van der Waals surface area (Å²) in [6, 6.07) is 7.13. The highest BCUT2D eigenvalue weighted by atomic mass is 35.5. The van der Waals surface area contributed by atoms with Crippen LogP contribution in [0.1, 0.15) is 11.1 Å². The van der Waals surface area contributed by atoms with E-state index in [2.05, 4.69) is 4.98 Å². The minimum absolute atomic E-state index is 0.0244. The maximum absolute atomic E-state index is 9.23. The molecule has 0 saturated heterocycles. The SMILES string of the molecule is Cc1cnc(-c2c(Cl)cccc2Cl)cc1CO. The van der Waals surface area contributed by atoms with Crippen LogP contribution in [0.4, 0.5) is 0 Å². The summed E-state index contributed by atoms with van der Waals surface area (Å²) >= 11 is 12.2. The van der Waals surface area contributed by atoms with Crippen molar-refractivity contribution in [2.75, 3.05) is 0 Å². The zero-order valence-electron chi connectivity index (χ0n) is 9.24. The first kappa shape index (κ1) is 12.4. The van der Waals surface area contributed by atoms with Crippen LogP contribution in [0.3, 0.4) is 0 Å². The van der Waals surface area contributed by atoms with Gasteiger partial charge in [-0.15, -0.1) is 0 Å². The molecular formula is C13H11Cl2NO. The molecule has 0 spiro atoms. The van der Waals surface area contributed by atoms with Gasteiger partial charge in [-0.2, -0.15) is 0 Å². The summed E-state index contributed by atoms with van der Waals surface area (Å²) in [4.78, 5) is 4.30. The lowest BCUT2D eigenvalue weighted by molar-refractivity contribution is 0.281. The fourth-order valence-corrected chi connectivity index (χ4v) is 2.21. The van der Waals surface area contributed by atoms with E-state index in [1.165, 1.54) is 0 Å². The predicted molar refractivity (Wildman–Crippen MR) is 70.4 cm³/mol. The van der Waals surface area contributed by atoms with E-state index in [0.717, 1.165) is 11.1 Å². The first-order valence-electron chi connectivity index (χ1n) is 5.14. The Balaban J connectivity index is 2.61. The Hall–Kier alpha value is -1.09. The van der Waals surface area contributed by atoms with Crippen molar-refractivity contribution in [2.24, 2.45) is 0 Å². The standard InChI is InChI=1S/C13H11Cl2NO/c1-8-6-16-12(5-9(8)7-17)13-10(14)3-2-4-11(13)15/h2-6,17H,7H2,1H3. The summed E-state index contributed by atoms with van der Waals surface area (Å²) in [5.41, 5.74) is 3.14. The van der Waals surface area contributed by atoms with Gasteiger partial charge >= 0.3 is 0 Å². The van der Waals surface area contributed by atoms with Gasteiger partial charge in [-0.05, 0) is 36.2 Å². The topological polar surface area (TPSA) is 33.1 Å². The van der Waals surface area contributed by atoms with E-state index in [4.69, 9.17) is 23.2 Å². The van der Waals surface area contributed by atoms with Gasteiger partial charge in [0.1, 0.15) is 0 Å². The van der Waals surface area contributed by atoms with Crippen molar-refractivity contribution in [3.63, 3.8) is 0 Å². The number of nitrogens with zero attached hydrogens (tertiary/aromatic N) is 1. The molecule has 0 fully saturated rings. The molecule has 0 amide bonds. The molecule has 0 aliphatic carbocycles. The largest absolute Gasteiger partial charge is 0.392 e. The maximum atomic E-state index is 9.23. The quantitative estimate of drug-likeness (QED) is 0.897. The third-order valence-corrected chi connectivity index (χ3v) is 3.23. The highest BCUT2D eigenvalue weighted by Crippen LogP contribution is 2.33. The molecule has 0 aliphatic heterocycles. The van der Waals surface area contributed by atoms with Crippen LogP contribution < -0.4 is 0 Å². The van der Waals surface area contributed by atoms with Crippen LogP contribution in [0, 0.1) is 6.92 Å². The highest BCUT2D eigenvalue weighted by molar-refractivity contribution is 6.39. The van der Waals surface area contributed by atoms with Crippen LogP contribution in [0.25, 0.3) is 11.3 Å². The van der Waals surface area contributed by atoms with Crippen molar-refractivity contribution in [1.29, 1.82) is 0 Å². The van der Waals surface area contributed by atoms with Crippen molar-refractivity contribution in [1.82, 2.24) is 4.98 Å². The molecule has 0 radical (unpaired) electrons. The fourth-order valence-electron chi connectivity index (χ4n) is 1.61.